The van der Waals surface area contributed by atoms with Gasteiger partial charge in [-0.3, -0.25) is 0 Å². The molecule has 4 aliphatic rings. The molecule has 4 heterocycles. The zero-order valence-electron chi connectivity index (χ0n) is 32.9. The van der Waals surface area contributed by atoms with E-state index in [1.54, 1.807) is 7.11 Å². The van der Waals surface area contributed by atoms with Crippen LogP contribution in [0.2, 0.25) is 0 Å². The fraction of sp³-hybridized carbons (Fsp3) is 0.375. The fourth-order valence-electron chi connectivity index (χ4n) is 8.11. The summed E-state index contributed by atoms with van der Waals surface area (Å²) in [5.41, 5.74) is 4.77. The van der Waals surface area contributed by atoms with Crippen LogP contribution in [-0.2, 0) is 71.9 Å². The van der Waals surface area contributed by atoms with Gasteiger partial charge in [-0.05, 0) is 16.7 Å². The summed E-state index contributed by atoms with van der Waals surface area (Å²) in [6, 6.07) is 49.8. The highest BCUT2D eigenvalue weighted by Gasteiger charge is 2.57. The topological polar surface area (TPSA) is 102 Å². The van der Waals surface area contributed by atoms with Gasteiger partial charge < -0.3 is 52.1 Å². The SMILES string of the molecule is CO[C@H]1O[C@@H]2CO[C@@H](c3ccccc3)O[C@H]2[C@H](OCc2ccccc2)[C@@H]1O[C@H]1O[C@@H]2CO[C@@H](c3ccccc3)O[C@H]2[C@H](OCc2ccccc2)[C@@H]1OCc1ccccc1. The van der Waals surface area contributed by atoms with E-state index in [4.69, 9.17) is 52.1 Å². The second-order valence-electron chi connectivity index (χ2n) is 15.1. The predicted octanol–water partition coefficient (Wildman–Crippen LogP) is 7.45. The number of rotatable bonds is 14. The Labute approximate surface area is 344 Å². The number of fused-ring (bicyclic) bond motifs is 2. The lowest BCUT2D eigenvalue weighted by Gasteiger charge is -2.52. The maximum Gasteiger partial charge on any atom is 0.187 e. The smallest absolute Gasteiger partial charge is 0.187 e. The molecule has 9 rings (SSSR count). The third-order valence-corrected chi connectivity index (χ3v) is 11.1. The van der Waals surface area contributed by atoms with Gasteiger partial charge in [-0.2, -0.15) is 0 Å². The van der Waals surface area contributed by atoms with Crippen LogP contribution in [0, 0.1) is 0 Å². The van der Waals surface area contributed by atoms with Gasteiger partial charge in [-0.1, -0.05) is 152 Å². The lowest BCUT2D eigenvalue weighted by Crippen LogP contribution is -2.67. The van der Waals surface area contributed by atoms with Crippen LogP contribution in [0.4, 0.5) is 0 Å². The van der Waals surface area contributed by atoms with Crippen molar-refractivity contribution in [3.8, 4) is 0 Å². The van der Waals surface area contributed by atoms with Gasteiger partial charge in [0.2, 0.25) is 0 Å². The highest BCUT2D eigenvalue weighted by molar-refractivity contribution is 5.19. The van der Waals surface area contributed by atoms with E-state index < -0.39 is 74.0 Å². The first-order chi connectivity index (χ1) is 29.2. The Bertz CT molecular complexity index is 1990. The molecule has 0 spiro atoms. The monoisotopic (exact) mass is 802 g/mol. The second-order valence-corrected chi connectivity index (χ2v) is 15.1. The van der Waals surface area contributed by atoms with Crippen molar-refractivity contribution in [1.82, 2.24) is 0 Å². The second kappa shape index (κ2) is 19.4. The summed E-state index contributed by atoms with van der Waals surface area (Å²) in [5, 5.41) is 0. The van der Waals surface area contributed by atoms with Crippen LogP contribution in [0.5, 0.6) is 0 Å². The average molecular weight is 803 g/mol. The maximum absolute atomic E-state index is 7.14. The minimum absolute atomic E-state index is 0.230. The zero-order chi connectivity index (χ0) is 39.8. The van der Waals surface area contributed by atoms with Crippen molar-refractivity contribution in [2.75, 3.05) is 20.3 Å². The summed E-state index contributed by atoms with van der Waals surface area (Å²) in [4.78, 5) is 0. The van der Waals surface area contributed by atoms with E-state index in [2.05, 4.69) is 0 Å². The van der Waals surface area contributed by atoms with E-state index in [0.29, 0.717) is 13.2 Å². The molecule has 0 saturated carbocycles. The summed E-state index contributed by atoms with van der Waals surface area (Å²) < 4.78 is 73.2. The normalized spacial score (nSPS) is 31.8. The quantitative estimate of drug-likeness (QED) is 0.112. The highest BCUT2D eigenvalue weighted by Crippen LogP contribution is 2.41. The molecule has 4 aliphatic heterocycles. The van der Waals surface area contributed by atoms with Crippen molar-refractivity contribution in [2.45, 2.75) is 93.8 Å². The van der Waals surface area contributed by atoms with E-state index in [1.165, 1.54) is 0 Å². The number of ether oxygens (including phenoxy) is 11. The molecular formula is C48H50O11. The van der Waals surface area contributed by atoms with Crippen molar-refractivity contribution in [1.29, 1.82) is 0 Å². The number of hydrogen-bond acceptors (Lipinski definition) is 11. The van der Waals surface area contributed by atoms with Crippen molar-refractivity contribution < 1.29 is 52.1 Å². The molecule has 12 atom stereocenters. The predicted molar refractivity (Wildman–Crippen MR) is 214 cm³/mol. The first-order valence-electron chi connectivity index (χ1n) is 20.3. The summed E-state index contributed by atoms with van der Waals surface area (Å²) in [6.07, 6.45) is -8.34. The number of benzene rings is 5. The summed E-state index contributed by atoms with van der Waals surface area (Å²) in [5.74, 6) is 0. The van der Waals surface area contributed by atoms with Gasteiger partial charge in [0.15, 0.2) is 25.2 Å². The molecule has 0 radical (unpaired) electrons. The minimum atomic E-state index is -1.00. The molecule has 11 heteroatoms. The molecule has 4 saturated heterocycles. The van der Waals surface area contributed by atoms with E-state index in [1.807, 2.05) is 152 Å². The third-order valence-electron chi connectivity index (χ3n) is 11.1. The molecular weight excluding hydrogens is 753 g/mol. The largest absolute Gasteiger partial charge is 0.368 e. The molecule has 0 aliphatic carbocycles. The van der Waals surface area contributed by atoms with Crippen molar-refractivity contribution >= 4 is 0 Å². The Morgan fingerprint density at radius 3 is 1.22 bits per heavy atom. The van der Waals surface area contributed by atoms with E-state index >= 15 is 0 Å². The summed E-state index contributed by atoms with van der Waals surface area (Å²) >= 11 is 0. The van der Waals surface area contributed by atoms with Gasteiger partial charge in [-0.25, -0.2) is 0 Å². The summed E-state index contributed by atoms with van der Waals surface area (Å²) in [7, 11) is 1.59. The van der Waals surface area contributed by atoms with Crippen LogP contribution < -0.4 is 0 Å². The Hall–Kier alpha value is -4.34. The lowest BCUT2D eigenvalue weighted by molar-refractivity contribution is -0.411. The van der Waals surface area contributed by atoms with Gasteiger partial charge in [0, 0.05) is 18.2 Å². The number of hydrogen-bond donors (Lipinski definition) is 0. The number of methoxy groups -OCH3 is 1. The molecule has 11 nitrogen and oxygen atoms in total. The van der Waals surface area contributed by atoms with Crippen LogP contribution in [0.1, 0.15) is 40.4 Å². The van der Waals surface area contributed by atoms with Gasteiger partial charge >= 0.3 is 0 Å². The first kappa shape index (κ1) is 40.1. The highest BCUT2D eigenvalue weighted by atomic mass is 16.8. The molecule has 5 aromatic carbocycles. The van der Waals surface area contributed by atoms with Gasteiger partial charge in [0.1, 0.15) is 48.8 Å². The molecule has 308 valence electrons. The Morgan fingerprint density at radius 1 is 0.424 bits per heavy atom. The van der Waals surface area contributed by atoms with Gasteiger partial charge in [0.05, 0.1) is 33.0 Å². The van der Waals surface area contributed by atoms with Gasteiger partial charge in [0.25, 0.3) is 0 Å². The molecule has 5 aromatic rings. The summed E-state index contributed by atoms with van der Waals surface area (Å²) in [6.45, 7) is 1.36. The van der Waals surface area contributed by atoms with E-state index in [0.717, 1.165) is 27.8 Å². The van der Waals surface area contributed by atoms with Crippen LogP contribution in [0.3, 0.4) is 0 Å². The first-order valence-corrected chi connectivity index (χ1v) is 20.3. The molecule has 0 aromatic heterocycles. The van der Waals surface area contributed by atoms with Crippen LogP contribution in [0.25, 0.3) is 0 Å². The lowest BCUT2D eigenvalue weighted by atomic mass is 9.95. The van der Waals surface area contributed by atoms with Gasteiger partial charge in [-0.15, -0.1) is 0 Å². The van der Waals surface area contributed by atoms with E-state index in [9.17, 15) is 0 Å². The Kier molecular flexibility index (Phi) is 13.2. The maximum atomic E-state index is 7.14. The third kappa shape index (κ3) is 9.52. The van der Waals surface area contributed by atoms with E-state index in [-0.39, 0.29) is 19.8 Å². The standard InChI is InChI=1S/C48H50O11/c1-49-47-44(42(51-28-33-19-9-3-10-20-33)40-37(55-47)30-53-46(58-40)36-25-15-6-16-26-36)59-48-43(52-29-34-21-11-4-12-22-34)41(50-27-32-17-7-2-8-18-32)39-38(56-48)31-54-45(57-39)35-23-13-5-14-24-35/h2-26,37-48H,27-31H2,1H3/t37-,38-,39-,40-,41+,42+,43+,44+,45-,46-,47+,48-/m1/s1. The van der Waals surface area contributed by atoms with Crippen LogP contribution in [-0.4, -0.2) is 81.7 Å². The van der Waals surface area contributed by atoms with Crippen molar-refractivity contribution in [3.63, 3.8) is 0 Å². The molecule has 0 unspecified atom stereocenters. The van der Waals surface area contributed by atoms with Crippen LogP contribution in [0.15, 0.2) is 152 Å². The van der Waals surface area contributed by atoms with Crippen molar-refractivity contribution in [2.24, 2.45) is 0 Å². The average Bonchev–Trinajstić information content (AvgIpc) is 3.31. The minimum Gasteiger partial charge on any atom is -0.368 e. The molecule has 0 bridgehead atoms. The Morgan fingerprint density at radius 2 is 0.797 bits per heavy atom. The molecule has 4 fully saturated rings. The molecule has 0 N–H and O–H groups in total. The fourth-order valence-corrected chi connectivity index (χ4v) is 8.11. The Balaban J connectivity index is 1.05. The zero-order valence-corrected chi connectivity index (χ0v) is 32.9. The van der Waals surface area contributed by atoms with Crippen molar-refractivity contribution in [3.05, 3.63) is 179 Å². The van der Waals surface area contributed by atoms with Crippen LogP contribution >= 0.6 is 0 Å². The molecule has 59 heavy (non-hydrogen) atoms. The molecule has 0 amide bonds.